The van der Waals surface area contributed by atoms with Crippen molar-refractivity contribution in [3.63, 3.8) is 0 Å². The van der Waals surface area contributed by atoms with Gasteiger partial charge in [0.15, 0.2) is 0 Å². The van der Waals surface area contributed by atoms with Crippen LogP contribution in [0.25, 0.3) is 0 Å². The minimum Gasteiger partial charge on any atom is -0.478 e. The minimum absolute atomic E-state index is 0.00220. The molecule has 0 aliphatic carbocycles. The Kier molecular flexibility index (Phi) is 17.3. The molecule has 2 atom stereocenters. The molecule has 0 aromatic heterocycles. The smallest absolute Gasteiger partial charge is 0.339 e. The number of benzene rings is 1. The van der Waals surface area contributed by atoms with Crippen molar-refractivity contribution >= 4 is 11.9 Å². The minimum atomic E-state index is -1.10. The molecule has 194 valence electrons. The Labute approximate surface area is 208 Å². The number of carbonyl (C=O) groups excluding carboxylic acids is 1. The molecule has 0 bridgehead atoms. The number of ether oxygens (including phenoxy) is 1. The SMILES string of the molecule is CCCCCCCCCCCCCCCCCC(OC(=O)c1ccccc1C(=O)O)C(C)CC. The molecule has 0 saturated heterocycles. The van der Waals surface area contributed by atoms with Crippen LogP contribution in [0.2, 0.25) is 0 Å². The molecule has 0 amide bonds. The molecule has 4 nitrogen and oxygen atoms in total. The first kappa shape index (κ1) is 30.2. The third-order valence-electron chi connectivity index (χ3n) is 7.01. The van der Waals surface area contributed by atoms with Gasteiger partial charge in [0.25, 0.3) is 0 Å². The summed E-state index contributed by atoms with van der Waals surface area (Å²) in [6.45, 7) is 6.47. The zero-order chi connectivity index (χ0) is 25.0. The molecule has 0 radical (unpaired) electrons. The van der Waals surface area contributed by atoms with Crippen LogP contribution in [-0.2, 0) is 4.74 Å². The lowest BCUT2D eigenvalue weighted by Crippen LogP contribution is -2.26. The van der Waals surface area contributed by atoms with Crippen LogP contribution in [0.4, 0.5) is 0 Å². The first-order valence-electron chi connectivity index (χ1n) is 14.0. The van der Waals surface area contributed by atoms with Gasteiger partial charge in [0.1, 0.15) is 6.10 Å². The van der Waals surface area contributed by atoms with E-state index in [0.717, 1.165) is 25.7 Å². The van der Waals surface area contributed by atoms with Crippen LogP contribution in [0, 0.1) is 5.92 Å². The molecule has 1 aromatic carbocycles. The van der Waals surface area contributed by atoms with Gasteiger partial charge < -0.3 is 9.84 Å². The number of carbonyl (C=O) groups is 2. The first-order chi connectivity index (χ1) is 16.5. The fourth-order valence-corrected chi connectivity index (χ4v) is 4.49. The largest absolute Gasteiger partial charge is 0.478 e. The predicted octanol–water partition coefficient (Wildman–Crippen LogP) is 9.22. The second kappa shape index (κ2) is 19.5. The van der Waals surface area contributed by atoms with Gasteiger partial charge >= 0.3 is 11.9 Å². The van der Waals surface area contributed by atoms with E-state index >= 15 is 0 Å². The van der Waals surface area contributed by atoms with E-state index in [-0.39, 0.29) is 23.1 Å². The van der Waals surface area contributed by atoms with Gasteiger partial charge in [-0.25, -0.2) is 9.59 Å². The second-order valence-electron chi connectivity index (χ2n) is 9.92. The number of rotatable bonds is 21. The maximum Gasteiger partial charge on any atom is 0.339 e. The Morgan fingerprint density at radius 2 is 1.18 bits per heavy atom. The molecule has 0 fully saturated rings. The number of esters is 1. The van der Waals surface area contributed by atoms with Crippen LogP contribution < -0.4 is 0 Å². The first-order valence-corrected chi connectivity index (χ1v) is 14.0. The van der Waals surface area contributed by atoms with Gasteiger partial charge in [-0.05, 0) is 30.9 Å². The van der Waals surface area contributed by atoms with Crippen molar-refractivity contribution in [2.45, 2.75) is 136 Å². The summed E-state index contributed by atoms with van der Waals surface area (Å²) in [5.74, 6) is -1.37. The summed E-state index contributed by atoms with van der Waals surface area (Å²) in [5.41, 5.74) is 0.141. The van der Waals surface area contributed by atoms with Crippen LogP contribution in [-0.4, -0.2) is 23.1 Å². The van der Waals surface area contributed by atoms with E-state index in [1.165, 1.54) is 95.6 Å². The van der Waals surface area contributed by atoms with E-state index in [1.807, 2.05) is 0 Å². The molecule has 4 heteroatoms. The van der Waals surface area contributed by atoms with Crippen LogP contribution >= 0.6 is 0 Å². The topological polar surface area (TPSA) is 63.6 Å². The van der Waals surface area contributed by atoms with Crippen molar-refractivity contribution in [2.24, 2.45) is 5.92 Å². The van der Waals surface area contributed by atoms with E-state index in [4.69, 9.17) is 4.74 Å². The van der Waals surface area contributed by atoms with Crippen molar-refractivity contribution in [3.8, 4) is 0 Å². The summed E-state index contributed by atoms with van der Waals surface area (Å²) >= 11 is 0. The summed E-state index contributed by atoms with van der Waals surface area (Å²) in [7, 11) is 0. The summed E-state index contributed by atoms with van der Waals surface area (Å²) in [6.07, 6.45) is 21.6. The second-order valence-corrected chi connectivity index (χ2v) is 9.92. The molecular weight excluding hydrogens is 424 g/mol. The molecule has 0 saturated carbocycles. The molecular formula is C30H50O4. The highest BCUT2D eigenvalue weighted by atomic mass is 16.5. The fraction of sp³-hybridized carbons (Fsp3) is 0.733. The highest BCUT2D eigenvalue weighted by Gasteiger charge is 2.24. The quantitative estimate of drug-likeness (QED) is 0.142. The summed E-state index contributed by atoms with van der Waals surface area (Å²) in [4.78, 5) is 24.1. The zero-order valence-corrected chi connectivity index (χ0v) is 22.2. The normalized spacial score (nSPS) is 12.9. The van der Waals surface area contributed by atoms with E-state index in [2.05, 4.69) is 20.8 Å². The third kappa shape index (κ3) is 13.2. The molecule has 2 unspecified atom stereocenters. The Morgan fingerprint density at radius 3 is 1.62 bits per heavy atom. The molecule has 34 heavy (non-hydrogen) atoms. The molecule has 0 heterocycles. The van der Waals surface area contributed by atoms with Gasteiger partial charge in [0.2, 0.25) is 0 Å². The average Bonchev–Trinajstić information content (AvgIpc) is 2.84. The highest BCUT2D eigenvalue weighted by molar-refractivity contribution is 6.02. The number of unbranched alkanes of at least 4 members (excludes halogenated alkanes) is 14. The monoisotopic (exact) mass is 474 g/mol. The molecule has 0 aliphatic rings. The van der Waals surface area contributed by atoms with Crippen molar-refractivity contribution in [1.82, 2.24) is 0 Å². The van der Waals surface area contributed by atoms with E-state index < -0.39 is 11.9 Å². The van der Waals surface area contributed by atoms with E-state index in [1.54, 1.807) is 12.1 Å². The van der Waals surface area contributed by atoms with Crippen molar-refractivity contribution < 1.29 is 19.4 Å². The fourth-order valence-electron chi connectivity index (χ4n) is 4.49. The molecule has 1 aromatic rings. The Bertz CT molecular complexity index is 670. The summed E-state index contributed by atoms with van der Waals surface area (Å²) < 4.78 is 5.80. The Morgan fingerprint density at radius 1 is 0.735 bits per heavy atom. The number of hydrogen-bond donors (Lipinski definition) is 1. The molecule has 1 N–H and O–H groups in total. The number of carboxylic acids is 1. The lowest BCUT2D eigenvalue weighted by atomic mass is 9.95. The average molecular weight is 475 g/mol. The van der Waals surface area contributed by atoms with Crippen molar-refractivity contribution in [2.75, 3.05) is 0 Å². The molecule has 1 rings (SSSR count). The number of aromatic carboxylic acids is 1. The van der Waals surface area contributed by atoms with Gasteiger partial charge in [-0.15, -0.1) is 0 Å². The lowest BCUT2D eigenvalue weighted by molar-refractivity contribution is 0.0119. The number of hydrogen-bond acceptors (Lipinski definition) is 3. The summed E-state index contributed by atoms with van der Waals surface area (Å²) in [6, 6.07) is 6.29. The van der Waals surface area contributed by atoms with Crippen molar-refractivity contribution in [3.05, 3.63) is 35.4 Å². The Hall–Kier alpha value is -1.84. The van der Waals surface area contributed by atoms with Gasteiger partial charge in [-0.1, -0.05) is 129 Å². The van der Waals surface area contributed by atoms with Crippen LogP contribution in [0.15, 0.2) is 24.3 Å². The zero-order valence-electron chi connectivity index (χ0n) is 22.2. The third-order valence-corrected chi connectivity index (χ3v) is 7.01. The molecule has 0 spiro atoms. The Balaban J connectivity index is 2.19. The predicted molar refractivity (Wildman–Crippen MR) is 142 cm³/mol. The highest BCUT2D eigenvalue weighted by Crippen LogP contribution is 2.22. The van der Waals surface area contributed by atoms with Crippen molar-refractivity contribution in [1.29, 1.82) is 0 Å². The number of carboxylic acid groups (broad SMARTS) is 1. The van der Waals surface area contributed by atoms with Gasteiger partial charge in [-0.3, -0.25) is 0 Å². The maximum atomic E-state index is 12.7. The van der Waals surface area contributed by atoms with Gasteiger partial charge in [0, 0.05) is 0 Å². The van der Waals surface area contributed by atoms with Crippen LogP contribution in [0.3, 0.4) is 0 Å². The van der Waals surface area contributed by atoms with Crippen LogP contribution in [0.5, 0.6) is 0 Å². The van der Waals surface area contributed by atoms with Gasteiger partial charge in [0.05, 0.1) is 11.1 Å². The standard InChI is InChI=1S/C30H50O4/c1-4-6-7-8-9-10-11-12-13-14-15-16-17-18-19-24-28(25(3)5-2)34-30(33)27-23-21-20-22-26(27)29(31)32/h20-23,25,28H,4-19,24H2,1-3H3,(H,31,32). The maximum absolute atomic E-state index is 12.7. The van der Waals surface area contributed by atoms with E-state index in [0.29, 0.717) is 0 Å². The van der Waals surface area contributed by atoms with Crippen LogP contribution in [0.1, 0.15) is 151 Å². The lowest BCUT2D eigenvalue weighted by Gasteiger charge is -2.23. The van der Waals surface area contributed by atoms with E-state index in [9.17, 15) is 14.7 Å². The molecule has 0 aliphatic heterocycles. The summed E-state index contributed by atoms with van der Waals surface area (Å²) in [5, 5.41) is 9.35. The van der Waals surface area contributed by atoms with Gasteiger partial charge in [-0.2, -0.15) is 0 Å².